The maximum absolute atomic E-state index is 13.5. The number of carbonyl (C=O) groups is 1. The number of nitrogens with zero attached hydrogens (tertiary/aromatic N) is 1. The van der Waals surface area contributed by atoms with Crippen molar-refractivity contribution in [3.8, 4) is 0 Å². The number of ether oxygens (including phenoxy) is 1. The Morgan fingerprint density at radius 3 is 2.65 bits per heavy atom. The van der Waals surface area contributed by atoms with Crippen LogP contribution in [0.1, 0.15) is 19.4 Å². The van der Waals surface area contributed by atoms with E-state index in [-0.39, 0.29) is 5.82 Å². The maximum atomic E-state index is 13.5. The molecule has 0 amide bonds. The molecular formula is C15H20FNO3. The molecule has 0 aliphatic carbocycles. The first-order valence-electron chi connectivity index (χ1n) is 6.75. The minimum Gasteiger partial charge on any atom is -0.481 e. The van der Waals surface area contributed by atoms with Gasteiger partial charge in [0, 0.05) is 18.8 Å². The Morgan fingerprint density at radius 2 is 2.05 bits per heavy atom. The lowest BCUT2D eigenvalue weighted by molar-refractivity contribution is -0.146. The second-order valence-corrected chi connectivity index (χ2v) is 5.74. The molecule has 0 saturated carbocycles. The highest BCUT2D eigenvalue weighted by Crippen LogP contribution is 2.30. The molecule has 110 valence electrons. The number of carboxylic acids is 1. The van der Waals surface area contributed by atoms with Gasteiger partial charge in [0.25, 0.3) is 0 Å². The number of rotatable bonds is 4. The molecule has 1 heterocycles. The van der Waals surface area contributed by atoms with E-state index in [1.165, 1.54) is 12.1 Å². The molecular weight excluding hydrogens is 261 g/mol. The van der Waals surface area contributed by atoms with Gasteiger partial charge in [0.15, 0.2) is 0 Å². The molecule has 0 bridgehead atoms. The van der Waals surface area contributed by atoms with Gasteiger partial charge in [0.05, 0.1) is 18.6 Å². The van der Waals surface area contributed by atoms with Gasteiger partial charge in [0.2, 0.25) is 0 Å². The molecule has 1 saturated heterocycles. The van der Waals surface area contributed by atoms with E-state index in [1.807, 2.05) is 0 Å². The zero-order chi connectivity index (χ0) is 14.8. The molecule has 2 rings (SSSR count). The summed E-state index contributed by atoms with van der Waals surface area (Å²) in [5, 5.41) is 9.25. The van der Waals surface area contributed by atoms with E-state index in [0.29, 0.717) is 32.7 Å². The number of carboxylic acid groups (broad SMARTS) is 1. The summed E-state index contributed by atoms with van der Waals surface area (Å²) in [6.45, 7) is 5.98. The fourth-order valence-electron chi connectivity index (χ4n) is 2.34. The maximum Gasteiger partial charge on any atom is 0.309 e. The number of halogens is 1. The topological polar surface area (TPSA) is 49.8 Å². The SMILES string of the molecule is CC(C)(Cc1ccc(F)cc1N1CCOCC1)C(=O)O. The monoisotopic (exact) mass is 281 g/mol. The second-order valence-electron chi connectivity index (χ2n) is 5.74. The molecule has 1 aromatic rings. The van der Waals surface area contributed by atoms with E-state index >= 15 is 0 Å². The molecule has 0 unspecified atom stereocenters. The number of hydrogen-bond acceptors (Lipinski definition) is 3. The number of benzene rings is 1. The Bertz CT molecular complexity index is 496. The zero-order valence-electron chi connectivity index (χ0n) is 11.9. The molecule has 1 aromatic carbocycles. The van der Waals surface area contributed by atoms with E-state index in [1.54, 1.807) is 19.9 Å². The first-order chi connectivity index (χ1) is 9.40. The van der Waals surface area contributed by atoms with E-state index in [4.69, 9.17) is 4.74 Å². The predicted molar refractivity (Wildman–Crippen MR) is 74.6 cm³/mol. The standard InChI is InChI=1S/C15H20FNO3/c1-15(2,14(18)19)10-11-3-4-12(16)9-13(11)17-5-7-20-8-6-17/h3-4,9H,5-8,10H2,1-2H3,(H,18,19). The molecule has 4 nitrogen and oxygen atoms in total. The summed E-state index contributed by atoms with van der Waals surface area (Å²) in [4.78, 5) is 13.3. The second kappa shape index (κ2) is 5.79. The summed E-state index contributed by atoms with van der Waals surface area (Å²) in [5.41, 5.74) is 0.766. The lowest BCUT2D eigenvalue weighted by Gasteiger charge is -2.32. The lowest BCUT2D eigenvalue weighted by atomic mass is 9.85. The number of anilines is 1. The summed E-state index contributed by atoms with van der Waals surface area (Å²) in [7, 11) is 0. The first-order valence-corrected chi connectivity index (χ1v) is 6.75. The van der Waals surface area contributed by atoms with E-state index in [2.05, 4.69) is 4.90 Å². The van der Waals surface area contributed by atoms with Gasteiger partial charge in [-0.05, 0) is 38.0 Å². The third-order valence-electron chi connectivity index (χ3n) is 3.61. The van der Waals surface area contributed by atoms with Crippen molar-refractivity contribution >= 4 is 11.7 Å². The Hall–Kier alpha value is -1.62. The summed E-state index contributed by atoms with van der Waals surface area (Å²) in [6, 6.07) is 4.56. The smallest absolute Gasteiger partial charge is 0.309 e. The van der Waals surface area contributed by atoms with Crippen molar-refractivity contribution in [2.24, 2.45) is 5.41 Å². The van der Waals surface area contributed by atoms with E-state index < -0.39 is 11.4 Å². The Kier molecular flexibility index (Phi) is 4.28. The Balaban J connectivity index is 2.30. The van der Waals surface area contributed by atoms with Gasteiger partial charge in [-0.1, -0.05) is 6.07 Å². The normalized spacial score (nSPS) is 16.2. The van der Waals surface area contributed by atoms with Crippen LogP contribution in [0.3, 0.4) is 0 Å². The first kappa shape index (κ1) is 14.8. The van der Waals surface area contributed by atoms with E-state index in [0.717, 1.165) is 11.3 Å². The highest BCUT2D eigenvalue weighted by molar-refractivity contribution is 5.74. The summed E-state index contributed by atoms with van der Waals surface area (Å²) >= 11 is 0. The molecule has 1 fully saturated rings. The van der Waals surface area contributed by atoms with Gasteiger partial charge >= 0.3 is 5.97 Å². The van der Waals surface area contributed by atoms with Gasteiger partial charge in [-0.2, -0.15) is 0 Å². The van der Waals surface area contributed by atoms with Gasteiger partial charge in [0.1, 0.15) is 5.82 Å². The van der Waals surface area contributed by atoms with Crippen molar-refractivity contribution in [3.63, 3.8) is 0 Å². The van der Waals surface area contributed by atoms with E-state index in [9.17, 15) is 14.3 Å². The molecule has 0 aromatic heterocycles. The molecule has 1 aliphatic rings. The van der Waals surface area contributed by atoms with Crippen molar-refractivity contribution in [1.29, 1.82) is 0 Å². The van der Waals surface area contributed by atoms with Crippen LogP contribution >= 0.6 is 0 Å². The highest BCUT2D eigenvalue weighted by atomic mass is 19.1. The van der Waals surface area contributed by atoms with Gasteiger partial charge in [-0.15, -0.1) is 0 Å². The van der Waals surface area contributed by atoms with Crippen LogP contribution in [0, 0.1) is 11.2 Å². The van der Waals surface area contributed by atoms with Crippen molar-refractivity contribution in [1.82, 2.24) is 0 Å². The molecule has 0 radical (unpaired) electrons. The van der Waals surface area contributed by atoms with Gasteiger partial charge in [-0.25, -0.2) is 4.39 Å². The third kappa shape index (κ3) is 3.28. The van der Waals surface area contributed by atoms with Crippen LogP contribution in [0.2, 0.25) is 0 Å². The van der Waals surface area contributed by atoms with Crippen LogP contribution < -0.4 is 4.90 Å². The minimum atomic E-state index is -0.876. The molecule has 1 N–H and O–H groups in total. The lowest BCUT2D eigenvalue weighted by Crippen LogP contribution is -2.37. The fraction of sp³-hybridized carbons (Fsp3) is 0.533. The van der Waals surface area contributed by atoms with Crippen molar-refractivity contribution in [2.45, 2.75) is 20.3 Å². The third-order valence-corrected chi connectivity index (χ3v) is 3.61. The molecule has 1 aliphatic heterocycles. The largest absolute Gasteiger partial charge is 0.481 e. The minimum absolute atomic E-state index is 0.302. The quantitative estimate of drug-likeness (QED) is 0.920. The van der Waals surface area contributed by atoms with Crippen LogP contribution in [0.15, 0.2) is 18.2 Å². The average Bonchev–Trinajstić information content (AvgIpc) is 2.41. The van der Waals surface area contributed by atoms with Crippen molar-refractivity contribution in [2.75, 3.05) is 31.2 Å². The van der Waals surface area contributed by atoms with Crippen molar-refractivity contribution in [3.05, 3.63) is 29.6 Å². The zero-order valence-corrected chi connectivity index (χ0v) is 11.9. The van der Waals surface area contributed by atoms with Gasteiger partial charge < -0.3 is 14.7 Å². The summed E-state index contributed by atoms with van der Waals surface area (Å²) in [5.74, 6) is -1.15. The Labute approximate surface area is 118 Å². The van der Waals surface area contributed by atoms with Crippen LogP contribution in [0.5, 0.6) is 0 Å². The number of aliphatic carboxylic acids is 1. The summed E-state index contributed by atoms with van der Waals surface area (Å²) < 4.78 is 18.8. The molecule has 20 heavy (non-hydrogen) atoms. The van der Waals surface area contributed by atoms with Gasteiger partial charge in [-0.3, -0.25) is 4.79 Å². The molecule has 0 atom stereocenters. The van der Waals surface area contributed by atoms with Crippen LogP contribution in [-0.4, -0.2) is 37.4 Å². The number of morpholine rings is 1. The molecule has 0 spiro atoms. The number of hydrogen-bond donors (Lipinski definition) is 1. The predicted octanol–water partition coefficient (Wildman–Crippen LogP) is 2.32. The summed E-state index contributed by atoms with van der Waals surface area (Å²) in [6.07, 6.45) is 0.370. The van der Waals surface area contributed by atoms with Crippen LogP contribution in [-0.2, 0) is 16.0 Å². The fourth-order valence-corrected chi connectivity index (χ4v) is 2.34. The van der Waals surface area contributed by atoms with Crippen molar-refractivity contribution < 1.29 is 19.0 Å². The van der Waals surface area contributed by atoms with Crippen LogP contribution in [0.4, 0.5) is 10.1 Å². The molecule has 5 heteroatoms. The van der Waals surface area contributed by atoms with Crippen LogP contribution in [0.25, 0.3) is 0 Å². The highest BCUT2D eigenvalue weighted by Gasteiger charge is 2.29. The average molecular weight is 281 g/mol. The Morgan fingerprint density at radius 1 is 1.40 bits per heavy atom.